The molecule has 2 aliphatic rings. The number of aromatic nitrogens is 2. The maximum atomic E-state index is 4.67. The van der Waals surface area contributed by atoms with Crippen LogP contribution >= 0.6 is 0 Å². The number of hydrogen-bond acceptors (Lipinski definition) is 2. The molecule has 1 N–H and O–H groups in total. The molecule has 0 amide bonds. The Balaban J connectivity index is 1.38. The van der Waals surface area contributed by atoms with Crippen molar-refractivity contribution in [1.29, 1.82) is 0 Å². The van der Waals surface area contributed by atoms with E-state index < -0.39 is 5.41 Å². The Morgan fingerprint density at radius 2 is 1.49 bits per heavy atom. The predicted molar refractivity (Wildman–Crippen MR) is 186 cm³/mol. The summed E-state index contributed by atoms with van der Waals surface area (Å²) in [6, 6.07) is 44.5. The van der Waals surface area contributed by atoms with E-state index in [0.717, 1.165) is 12.2 Å². The highest BCUT2D eigenvalue weighted by Crippen LogP contribution is 2.59. The molecule has 0 fully saturated rings. The van der Waals surface area contributed by atoms with Crippen molar-refractivity contribution in [2.45, 2.75) is 12.3 Å². The van der Waals surface area contributed by atoms with E-state index in [2.05, 4.69) is 168 Å². The van der Waals surface area contributed by atoms with Crippen LogP contribution in [-0.4, -0.2) is 16.1 Å². The number of nitrogens with one attached hydrogen (secondary N) is 1. The first kappa shape index (κ1) is 25.8. The van der Waals surface area contributed by atoms with Crippen molar-refractivity contribution in [3.05, 3.63) is 180 Å². The Labute approximate surface area is 262 Å². The molecule has 0 bridgehead atoms. The first-order chi connectivity index (χ1) is 22.2. The van der Waals surface area contributed by atoms with E-state index in [1.807, 2.05) is 6.20 Å². The summed E-state index contributed by atoms with van der Waals surface area (Å²) in [5, 5.41) is 6.07. The van der Waals surface area contributed by atoms with Gasteiger partial charge in [0.05, 0.1) is 16.4 Å². The number of aryl methyl sites for hydroxylation is 1. The van der Waals surface area contributed by atoms with Gasteiger partial charge in [-0.05, 0) is 81.8 Å². The van der Waals surface area contributed by atoms with Crippen LogP contribution < -0.4 is 5.32 Å². The van der Waals surface area contributed by atoms with Crippen molar-refractivity contribution >= 4 is 21.8 Å². The summed E-state index contributed by atoms with van der Waals surface area (Å²) in [6.07, 6.45) is 10.7. The van der Waals surface area contributed by atoms with Gasteiger partial charge in [-0.15, -0.1) is 0 Å². The highest BCUT2D eigenvalue weighted by atomic mass is 15.0. The van der Waals surface area contributed by atoms with Crippen molar-refractivity contribution in [2.75, 3.05) is 6.54 Å². The average molecular weight is 578 g/mol. The SMILES string of the molecule is Cc1ccc(-c2ccc(-n3c4ccccc4c4c5c(ccc43)-c3ccccc3C5(C3=CNCC=C3)c3cccnc3)cc2)cc1. The van der Waals surface area contributed by atoms with Crippen molar-refractivity contribution in [3.63, 3.8) is 0 Å². The van der Waals surface area contributed by atoms with Gasteiger partial charge in [0.2, 0.25) is 0 Å². The molecule has 1 aliphatic carbocycles. The first-order valence-corrected chi connectivity index (χ1v) is 15.6. The topological polar surface area (TPSA) is 29.9 Å². The molecule has 1 atom stereocenters. The summed E-state index contributed by atoms with van der Waals surface area (Å²) < 4.78 is 2.43. The van der Waals surface area contributed by atoms with E-state index in [9.17, 15) is 0 Å². The molecule has 3 heterocycles. The fourth-order valence-electron chi connectivity index (χ4n) is 7.74. The second-order valence-electron chi connectivity index (χ2n) is 12.1. The Hall–Kier alpha value is -5.67. The predicted octanol–water partition coefficient (Wildman–Crippen LogP) is 9.51. The average Bonchev–Trinajstić information content (AvgIpc) is 3.60. The molecular formula is C42H31N3. The number of dihydropyridines is 1. The zero-order valence-corrected chi connectivity index (χ0v) is 25.0. The molecule has 7 aromatic rings. The van der Waals surface area contributed by atoms with Gasteiger partial charge in [-0.2, -0.15) is 0 Å². The minimum Gasteiger partial charge on any atom is -0.387 e. The van der Waals surface area contributed by atoms with Crippen molar-refractivity contribution in [3.8, 4) is 27.9 Å². The van der Waals surface area contributed by atoms with Gasteiger partial charge < -0.3 is 9.88 Å². The minimum absolute atomic E-state index is 0.534. The molecule has 0 saturated heterocycles. The lowest BCUT2D eigenvalue weighted by Gasteiger charge is -2.35. The number of allylic oxidation sites excluding steroid dienone is 2. The third-order valence-electron chi connectivity index (χ3n) is 9.66. The van der Waals surface area contributed by atoms with Gasteiger partial charge in [0, 0.05) is 41.6 Å². The van der Waals surface area contributed by atoms with Gasteiger partial charge in [0.1, 0.15) is 0 Å². The molecule has 0 saturated carbocycles. The van der Waals surface area contributed by atoms with Crippen LogP contribution in [-0.2, 0) is 5.41 Å². The Kier molecular flexibility index (Phi) is 5.69. The third kappa shape index (κ3) is 3.67. The van der Waals surface area contributed by atoms with Crippen molar-refractivity contribution in [2.24, 2.45) is 0 Å². The number of para-hydroxylation sites is 1. The standard InChI is InChI=1S/C42H31N3/c1-28-14-16-29(17-15-28)30-18-20-33(21-19-30)45-38-13-5-3-11-36(38)40-39(45)23-22-35-34-10-2-4-12-37(34)42(41(35)40,31-8-6-24-43-26-31)32-9-7-25-44-27-32/h2-24,26-27,44H,25H2,1H3. The van der Waals surface area contributed by atoms with E-state index in [1.165, 1.54) is 71.9 Å². The first-order valence-electron chi connectivity index (χ1n) is 15.6. The van der Waals surface area contributed by atoms with Crippen LogP contribution in [0, 0.1) is 6.92 Å². The number of pyridine rings is 1. The van der Waals surface area contributed by atoms with Gasteiger partial charge in [-0.3, -0.25) is 4.98 Å². The van der Waals surface area contributed by atoms with Crippen LogP contribution in [0.15, 0.2) is 158 Å². The van der Waals surface area contributed by atoms with Gasteiger partial charge in [0.25, 0.3) is 0 Å². The molecule has 1 unspecified atom stereocenters. The van der Waals surface area contributed by atoms with Gasteiger partial charge in [-0.25, -0.2) is 0 Å². The highest BCUT2D eigenvalue weighted by molar-refractivity contribution is 6.15. The monoisotopic (exact) mass is 577 g/mol. The largest absolute Gasteiger partial charge is 0.387 e. The summed E-state index contributed by atoms with van der Waals surface area (Å²) in [5.74, 6) is 0. The van der Waals surface area contributed by atoms with Crippen LogP contribution in [0.1, 0.15) is 22.3 Å². The number of nitrogens with zero attached hydrogens (tertiary/aromatic N) is 2. The van der Waals surface area contributed by atoms with Crippen molar-refractivity contribution < 1.29 is 0 Å². The number of rotatable bonds is 4. The number of hydrogen-bond donors (Lipinski definition) is 1. The molecular weight excluding hydrogens is 546 g/mol. The second-order valence-corrected chi connectivity index (χ2v) is 12.1. The molecule has 45 heavy (non-hydrogen) atoms. The van der Waals surface area contributed by atoms with Gasteiger partial charge in [0.15, 0.2) is 0 Å². The Morgan fingerprint density at radius 1 is 0.711 bits per heavy atom. The molecule has 1 aliphatic heterocycles. The minimum atomic E-state index is -0.534. The molecule has 0 spiro atoms. The Morgan fingerprint density at radius 3 is 2.27 bits per heavy atom. The lowest BCUT2D eigenvalue weighted by Crippen LogP contribution is -2.31. The second kappa shape index (κ2) is 9.93. The molecule has 0 radical (unpaired) electrons. The fourth-order valence-corrected chi connectivity index (χ4v) is 7.74. The van der Waals surface area contributed by atoms with Crippen LogP contribution in [0.2, 0.25) is 0 Å². The van der Waals surface area contributed by atoms with E-state index in [1.54, 1.807) is 0 Å². The maximum Gasteiger partial charge on any atom is 0.0748 e. The van der Waals surface area contributed by atoms with E-state index in [4.69, 9.17) is 0 Å². The normalized spacial score (nSPS) is 16.8. The summed E-state index contributed by atoms with van der Waals surface area (Å²) in [4.78, 5) is 4.67. The lowest BCUT2D eigenvalue weighted by molar-refractivity contribution is 0.746. The van der Waals surface area contributed by atoms with Crippen LogP contribution in [0.3, 0.4) is 0 Å². The van der Waals surface area contributed by atoms with E-state index >= 15 is 0 Å². The smallest absolute Gasteiger partial charge is 0.0748 e. The van der Waals surface area contributed by atoms with Crippen LogP contribution in [0.4, 0.5) is 0 Å². The number of fused-ring (bicyclic) bond motifs is 7. The summed E-state index contributed by atoms with van der Waals surface area (Å²) in [7, 11) is 0. The molecule has 2 aromatic heterocycles. The fraction of sp³-hybridized carbons (Fsp3) is 0.0714. The molecule has 5 aromatic carbocycles. The maximum absolute atomic E-state index is 4.67. The van der Waals surface area contributed by atoms with Gasteiger partial charge >= 0.3 is 0 Å². The molecule has 3 nitrogen and oxygen atoms in total. The molecule has 214 valence electrons. The summed E-state index contributed by atoms with van der Waals surface area (Å²) in [6.45, 7) is 2.95. The highest BCUT2D eigenvalue weighted by Gasteiger charge is 2.48. The summed E-state index contributed by atoms with van der Waals surface area (Å²) >= 11 is 0. The van der Waals surface area contributed by atoms with Crippen molar-refractivity contribution in [1.82, 2.24) is 14.9 Å². The summed E-state index contributed by atoms with van der Waals surface area (Å²) in [5.41, 5.74) is 14.3. The quantitative estimate of drug-likeness (QED) is 0.226. The van der Waals surface area contributed by atoms with Gasteiger partial charge in [-0.1, -0.05) is 109 Å². The lowest BCUT2D eigenvalue weighted by atomic mass is 9.66. The number of benzene rings is 5. The molecule has 3 heteroatoms. The van der Waals surface area contributed by atoms with Crippen LogP contribution in [0.5, 0.6) is 0 Å². The zero-order valence-electron chi connectivity index (χ0n) is 25.0. The van der Waals surface area contributed by atoms with E-state index in [0.29, 0.717) is 0 Å². The Bertz CT molecular complexity index is 2310. The van der Waals surface area contributed by atoms with Crippen LogP contribution in [0.25, 0.3) is 49.7 Å². The molecule has 9 rings (SSSR count). The zero-order chi connectivity index (χ0) is 30.0. The third-order valence-corrected chi connectivity index (χ3v) is 9.66. The van der Waals surface area contributed by atoms with E-state index in [-0.39, 0.29) is 0 Å².